The van der Waals surface area contributed by atoms with Gasteiger partial charge in [0.15, 0.2) is 18.2 Å². The Hall–Kier alpha value is -2.17. The Morgan fingerprint density at radius 3 is 2.56 bits per heavy atom. The fourth-order valence-electron chi connectivity index (χ4n) is 3.77. The standard InChI is InChI=1S/C20H23F2NO2/c1-13-10-17(14(2)23(13)16-6-4-3-5-7-16)19(24)12-25-20-9-8-15(21)11-18(20)22/h8-11,16H,3-7,12H2,1-2H3. The molecule has 25 heavy (non-hydrogen) atoms. The van der Waals surface area contributed by atoms with Crippen molar-refractivity contribution in [1.29, 1.82) is 0 Å². The number of carbonyl (C=O) groups is 1. The lowest BCUT2D eigenvalue weighted by atomic mass is 9.95. The van der Waals surface area contributed by atoms with Gasteiger partial charge in [-0.1, -0.05) is 19.3 Å². The number of ketones is 1. The summed E-state index contributed by atoms with van der Waals surface area (Å²) in [5.74, 6) is -1.79. The van der Waals surface area contributed by atoms with Crippen molar-refractivity contribution in [3.05, 3.63) is 52.9 Å². The molecule has 0 atom stereocenters. The van der Waals surface area contributed by atoms with E-state index in [0.29, 0.717) is 11.6 Å². The van der Waals surface area contributed by atoms with Crippen LogP contribution in [0.25, 0.3) is 0 Å². The van der Waals surface area contributed by atoms with Crippen molar-refractivity contribution in [3.8, 4) is 5.75 Å². The summed E-state index contributed by atoms with van der Waals surface area (Å²) in [6, 6.07) is 5.39. The van der Waals surface area contributed by atoms with Crippen LogP contribution >= 0.6 is 0 Å². The third-order valence-corrected chi connectivity index (χ3v) is 4.98. The average Bonchev–Trinajstić information content (AvgIpc) is 2.89. The van der Waals surface area contributed by atoms with E-state index in [1.54, 1.807) is 0 Å². The Kier molecular flexibility index (Phi) is 5.21. The maximum atomic E-state index is 13.6. The topological polar surface area (TPSA) is 31.2 Å². The highest BCUT2D eigenvalue weighted by Gasteiger charge is 2.23. The molecule has 0 bridgehead atoms. The maximum absolute atomic E-state index is 13.6. The summed E-state index contributed by atoms with van der Waals surface area (Å²) in [5, 5.41) is 0. The number of hydrogen-bond acceptors (Lipinski definition) is 2. The monoisotopic (exact) mass is 347 g/mol. The van der Waals surface area contributed by atoms with Crippen molar-refractivity contribution in [2.45, 2.75) is 52.0 Å². The van der Waals surface area contributed by atoms with Crippen molar-refractivity contribution in [1.82, 2.24) is 4.57 Å². The fourth-order valence-corrected chi connectivity index (χ4v) is 3.77. The van der Waals surface area contributed by atoms with Crippen molar-refractivity contribution in [2.24, 2.45) is 0 Å². The van der Waals surface area contributed by atoms with Gasteiger partial charge in [0.05, 0.1) is 0 Å². The first kappa shape index (κ1) is 17.6. The molecule has 134 valence electrons. The maximum Gasteiger partial charge on any atom is 0.202 e. The first-order chi connectivity index (χ1) is 12.0. The van der Waals surface area contributed by atoms with Crippen molar-refractivity contribution < 1.29 is 18.3 Å². The van der Waals surface area contributed by atoms with E-state index in [4.69, 9.17) is 4.74 Å². The van der Waals surface area contributed by atoms with E-state index in [1.807, 2.05) is 19.9 Å². The molecular weight excluding hydrogens is 324 g/mol. The number of aryl methyl sites for hydroxylation is 1. The lowest BCUT2D eigenvalue weighted by molar-refractivity contribution is 0.0918. The summed E-state index contributed by atoms with van der Waals surface area (Å²) in [4.78, 5) is 12.5. The molecule has 0 saturated heterocycles. The van der Waals surface area contributed by atoms with E-state index in [1.165, 1.54) is 25.3 Å². The van der Waals surface area contributed by atoms with Crippen molar-refractivity contribution in [2.75, 3.05) is 6.61 Å². The van der Waals surface area contributed by atoms with E-state index >= 15 is 0 Å². The van der Waals surface area contributed by atoms with Crippen LogP contribution in [0.15, 0.2) is 24.3 Å². The van der Waals surface area contributed by atoms with Gasteiger partial charge < -0.3 is 9.30 Å². The lowest BCUT2D eigenvalue weighted by Gasteiger charge is -2.26. The first-order valence-corrected chi connectivity index (χ1v) is 8.77. The Balaban J connectivity index is 1.74. The van der Waals surface area contributed by atoms with Crippen molar-refractivity contribution in [3.63, 3.8) is 0 Å². The van der Waals surface area contributed by atoms with Crippen LogP contribution in [0, 0.1) is 25.5 Å². The molecule has 0 N–H and O–H groups in total. The molecule has 1 aromatic carbocycles. The minimum absolute atomic E-state index is 0.115. The molecule has 2 aromatic rings. The molecule has 0 radical (unpaired) electrons. The van der Waals surface area contributed by atoms with Crippen LogP contribution in [-0.2, 0) is 0 Å². The summed E-state index contributed by atoms with van der Waals surface area (Å²) >= 11 is 0. The van der Waals surface area contributed by atoms with Crippen LogP contribution in [0.5, 0.6) is 5.75 Å². The minimum Gasteiger partial charge on any atom is -0.482 e. The third-order valence-electron chi connectivity index (χ3n) is 4.98. The Morgan fingerprint density at radius 2 is 1.88 bits per heavy atom. The number of Topliss-reactive ketones (excluding diaryl/α,β-unsaturated/α-hetero) is 1. The van der Waals surface area contributed by atoms with Crippen LogP contribution < -0.4 is 4.74 Å². The highest BCUT2D eigenvalue weighted by molar-refractivity contribution is 5.98. The molecule has 0 amide bonds. The SMILES string of the molecule is Cc1cc(C(=O)COc2ccc(F)cc2F)c(C)n1C1CCCCC1. The van der Waals surface area contributed by atoms with Gasteiger partial charge in [-0.05, 0) is 44.9 Å². The number of aromatic nitrogens is 1. The first-order valence-electron chi connectivity index (χ1n) is 8.77. The lowest BCUT2D eigenvalue weighted by Crippen LogP contribution is -2.17. The van der Waals surface area contributed by atoms with Gasteiger partial charge in [-0.15, -0.1) is 0 Å². The molecule has 0 spiro atoms. The number of ether oxygens (including phenoxy) is 1. The zero-order valence-corrected chi connectivity index (χ0v) is 14.6. The smallest absolute Gasteiger partial charge is 0.202 e. The van der Waals surface area contributed by atoms with Crippen LogP contribution in [0.1, 0.15) is 59.9 Å². The highest BCUT2D eigenvalue weighted by atomic mass is 19.1. The van der Waals surface area contributed by atoms with Gasteiger partial charge in [-0.3, -0.25) is 4.79 Å². The molecule has 1 aromatic heterocycles. The van der Waals surface area contributed by atoms with Crippen LogP contribution in [0.3, 0.4) is 0 Å². The van der Waals surface area contributed by atoms with Gasteiger partial charge in [0, 0.05) is 29.1 Å². The second-order valence-electron chi connectivity index (χ2n) is 6.73. The van der Waals surface area contributed by atoms with Gasteiger partial charge in [-0.2, -0.15) is 0 Å². The molecule has 1 aliphatic rings. The Morgan fingerprint density at radius 1 is 1.16 bits per heavy atom. The molecule has 1 saturated carbocycles. The minimum atomic E-state index is -0.805. The number of benzene rings is 1. The highest BCUT2D eigenvalue weighted by Crippen LogP contribution is 2.32. The summed E-state index contributed by atoms with van der Waals surface area (Å²) in [7, 11) is 0. The Labute approximate surface area is 146 Å². The normalized spacial score (nSPS) is 15.4. The quantitative estimate of drug-likeness (QED) is 0.701. The molecule has 0 aliphatic heterocycles. The van der Waals surface area contributed by atoms with E-state index < -0.39 is 11.6 Å². The number of carbonyl (C=O) groups excluding carboxylic acids is 1. The molecule has 1 fully saturated rings. The fraction of sp³-hybridized carbons (Fsp3) is 0.450. The second kappa shape index (κ2) is 7.38. The molecule has 1 heterocycles. The van der Waals surface area contributed by atoms with Gasteiger partial charge in [0.2, 0.25) is 5.78 Å². The third kappa shape index (κ3) is 3.75. The predicted molar refractivity (Wildman–Crippen MR) is 92.2 cm³/mol. The van der Waals surface area contributed by atoms with E-state index in [0.717, 1.165) is 36.4 Å². The summed E-state index contributed by atoms with van der Waals surface area (Å²) in [5.41, 5.74) is 2.63. The predicted octanol–water partition coefficient (Wildman–Crippen LogP) is 5.15. The van der Waals surface area contributed by atoms with Gasteiger partial charge in [0.25, 0.3) is 0 Å². The van der Waals surface area contributed by atoms with Gasteiger partial charge in [0.1, 0.15) is 5.82 Å². The summed E-state index contributed by atoms with van der Waals surface area (Å²) in [6.07, 6.45) is 6.00. The number of halogens is 2. The zero-order valence-electron chi connectivity index (χ0n) is 14.6. The van der Waals surface area contributed by atoms with Gasteiger partial charge in [-0.25, -0.2) is 8.78 Å². The van der Waals surface area contributed by atoms with Gasteiger partial charge >= 0.3 is 0 Å². The van der Waals surface area contributed by atoms with Crippen molar-refractivity contribution >= 4 is 5.78 Å². The molecular formula is C20H23F2NO2. The van der Waals surface area contributed by atoms with Crippen LogP contribution in [0.2, 0.25) is 0 Å². The molecule has 1 aliphatic carbocycles. The zero-order chi connectivity index (χ0) is 18.0. The Bertz CT molecular complexity index is 776. The second-order valence-corrected chi connectivity index (χ2v) is 6.73. The van der Waals surface area contributed by atoms with E-state index in [9.17, 15) is 13.6 Å². The number of rotatable bonds is 5. The average molecular weight is 347 g/mol. The molecule has 3 rings (SSSR count). The number of hydrogen-bond donors (Lipinski definition) is 0. The summed E-state index contributed by atoms with van der Waals surface area (Å²) in [6.45, 7) is 3.70. The molecule has 0 unspecified atom stereocenters. The summed E-state index contributed by atoms with van der Waals surface area (Å²) < 4.78 is 34.0. The number of nitrogens with zero attached hydrogens (tertiary/aromatic N) is 1. The largest absolute Gasteiger partial charge is 0.482 e. The van der Waals surface area contributed by atoms with Crippen LogP contribution in [-0.4, -0.2) is 17.0 Å². The van der Waals surface area contributed by atoms with E-state index in [-0.39, 0.29) is 18.1 Å². The van der Waals surface area contributed by atoms with Crippen LogP contribution in [0.4, 0.5) is 8.78 Å². The molecule has 3 nitrogen and oxygen atoms in total. The van der Waals surface area contributed by atoms with E-state index in [2.05, 4.69) is 4.57 Å². The molecule has 5 heteroatoms.